The Morgan fingerprint density at radius 1 is 1.21 bits per heavy atom. The Balaban J connectivity index is 0.00000300. The van der Waals surface area contributed by atoms with Gasteiger partial charge in [0.1, 0.15) is 0 Å². The van der Waals surface area contributed by atoms with Crippen molar-refractivity contribution in [2.24, 2.45) is 16.8 Å². The molecule has 0 radical (unpaired) electrons. The zero-order valence-corrected chi connectivity index (χ0v) is 20.0. The maximum atomic E-state index is 5.77. The number of halogens is 1. The van der Waals surface area contributed by atoms with Crippen LogP contribution in [0.3, 0.4) is 0 Å². The highest BCUT2D eigenvalue weighted by Crippen LogP contribution is 2.23. The van der Waals surface area contributed by atoms with Crippen molar-refractivity contribution in [1.29, 1.82) is 0 Å². The molecule has 7 heteroatoms. The minimum Gasteiger partial charge on any atom is -0.381 e. The van der Waals surface area contributed by atoms with Gasteiger partial charge >= 0.3 is 0 Å². The smallest absolute Gasteiger partial charge is 0.191 e. The topological polar surface area (TPSA) is 58.1 Å². The van der Waals surface area contributed by atoms with Crippen LogP contribution in [0.15, 0.2) is 35.3 Å². The highest BCUT2D eigenvalue weighted by Gasteiger charge is 2.22. The molecule has 2 N–H and O–H groups in total. The number of benzene rings is 1. The average molecular weight is 516 g/mol. The van der Waals surface area contributed by atoms with Gasteiger partial charge in [0.2, 0.25) is 0 Å². The SMILES string of the molecule is CCNC(=NCC1CCN(c2ccccc2)C1)NCCCOCC1CCOC1.I. The molecule has 3 rings (SSSR count). The van der Waals surface area contributed by atoms with Crippen molar-refractivity contribution >= 4 is 35.6 Å². The quantitative estimate of drug-likeness (QED) is 0.217. The Labute approximate surface area is 192 Å². The Morgan fingerprint density at radius 2 is 2.07 bits per heavy atom. The molecule has 0 aromatic heterocycles. The van der Waals surface area contributed by atoms with Crippen molar-refractivity contribution < 1.29 is 9.47 Å². The highest BCUT2D eigenvalue weighted by atomic mass is 127. The molecule has 0 spiro atoms. The van der Waals surface area contributed by atoms with Crippen LogP contribution in [0, 0.1) is 11.8 Å². The van der Waals surface area contributed by atoms with Crippen molar-refractivity contribution in [3.05, 3.63) is 30.3 Å². The lowest BCUT2D eigenvalue weighted by molar-refractivity contribution is 0.0888. The molecule has 0 saturated carbocycles. The van der Waals surface area contributed by atoms with Crippen LogP contribution in [0.4, 0.5) is 5.69 Å². The van der Waals surface area contributed by atoms with Gasteiger partial charge in [0.05, 0.1) is 13.2 Å². The summed E-state index contributed by atoms with van der Waals surface area (Å²) in [6.07, 6.45) is 3.33. The second kappa shape index (κ2) is 14.0. The van der Waals surface area contributed by atoms with Crippen molar-refractivity contribution in [3.8, 4) is 0 Å². The fraction of sp³-hybridized carbons (Fsp3) is 0.682. The summed E-state index contributed by atoms with van der Waals surface area (Å²) in [4.78, 5) is 7.28. The third-order valence-corrected chi connectivity index (χ3v) is 5.39. The van der Waals surface area contributed by atoms with Gasteiger partial charge < -0.3 is 25.0 Å². The van der Waals surface area contributed by atoms with Gasteiger partial charge in [-0.3, -0.25) is 4.99 Å². The second-order valence-electron chi connectivity index (χ2n) is 7.74. The van der Waals surface area contributed by atoms with Gasteiger partial charge in [0.25, 0.3) is 0 Å². The van der Waals surface area contributed by atoms with E-state index in [0.717, 1.165) is 78.0 Å². The minimum absolute atomic E-state index is 0. The van der Waals surface area contributed by atoms with E-state index in [1.165, 1.54) is 12.1 Å². The molecule has 2 atom stereocenters. The number of nitrogens with one attached hydrogen (secondary N) is 2. The van der Waals surface area contributed by atoms with Gasteiger partial charge in [-0.15, -0.1) is 24.0 Å². The van der Waals surface area contributed by atoms with Crippen LogP contribution in [0.5, 0.6) is 0 Å². The van der Waals surface area contributed by atoms with Crippen LogP contribution in [-0.2, 0) is 9.47 Å². The lowest BCUT2D eigenvalue weighted by atomic mass is 10.1. The molecule has 0 amide bonds. The zero-order chi connectivity index (χ0) is 19.4. The van der Waals surface area contributed by atoms with E-state index in [4.69, 9.17) is 14.5 Å². The standard InChI is InChI=1S/C22H36N4O2.HI/c1-2-23-22(24-11-6-13-27-17-20-10-14-28-18-20)25-15-19-9-12-26(16-19)21-7-4-3-5-8-21;/h3-5,7-8,19-20H,2,6,9-18H2,1H3,(H2,23,24,25);1H. The van der Waals surface area contributed by atoms with Crippen LogP contribution >= 0.6 is 24.0 Å². The summed E-state index contributed by atoms with van der Waals surface area (Å²) >= 11 is 0. The van der Waals surface area contributed by atoms with E-state index in [9.17, 15) is 0 Å². The van der Waals surface area contributed by atoms with Gasteiger partial charge in [-0.1, -0.05) is 18.2 Å². The normalized spacial score (nSPS) is 21.8. The summed E-state index contributed by atoms with van der Waals surface area (Å²) in [5.74, 6) is 2.13. The van der Waals surface area contributed by atoms with Crippen molar-refractivity contribution in [2.45, 2.75) is 26.2 Å². The first-order valence-electron chi connectivity index (χ1n) is 10.8. The largest absolute Gasteiger partial charge is 0.381 e. The number of anilines is 1. The Morgan fingerprint density at radius 3 is 2.83 bits per heavy atom. The second-order valence-corrected chi connectivity index (χ2v) is 7.74. The van der Waals surface area contributed by atoms with Crippen LogP contribution in [-0.4, -0.2) is 65.1 Å². The minimum atomic E-state index is 0. The molecule has 0 aliphatic carbocycles. The number of nitrogens with zero attached hydrogens (tertiary/aromatic N) is 2. The van der Waals surface area contributed by atoms with E-state index in [1.54, 1.807) is 0 Å². The maximum Gasteiger partial charge on any atom is 0.191 e. The molecule has 164 valence electrons. The highest BCUT2D eigenvalue weighted by molar-refractivity contribution is 14.0. The number of para-hydroxylation sites is 1. The zero-order valence-electron chi connectivity index (χ0n) is 17.6. The molecule has 2 unspecified atom stereocenters. The molecule has 2 aliphatic heterocycles. The van der Waals surface area contributed by atoms with Crippen LogP contribution in [0.2, 0.25) is 0 Å². The average Bonchev–Trinajstić information content (AvgIpc) is 3.41. The van der Waals surface area contributed by atoms with Crippen LogP contribution in [0.25, 0.3) is 0 Å². The van der Waals surface area contributed by atoms with Gasteiger partial charge in [-0.25, -0.2) is 0 Å². The Bertz CT molecular complexity index is 581. The van der Waals surface area contributed by atoms with Gasteiger partial charge in [-0.05, 0) is 44.2 Å². The molecule has 2 fully saturated rings. The van der Waals surface area contributed by atoms with Crippen LogP contribution < -0.4 is 15.5 Å². The molecule has 6 nitrogen and oxygen atoms in total. The summed E-state index contributed by atoms with van der Waals surface area (Å²) in [5.41, 5.74) is 1.32. The summed E-state index contributed by atoms with van der Waals surface area (Å²) in [6, 6.07) is 10.7. The molecule has 2 saturated heterocycles. The lowest BCUT2D eigenvalue weighted by Gasteiger charge is -2.18. The molecular formula is C22H37IN4O2. The number of ether oxygens (including phenoxy) is 2. The Kier molecular flexibility index (Phi) is 11.7. The summed E-state index contributed by atoms with van der Waals surface area (Å²) < 4.78 is 11.1. The molecular weight excluding hydrogens is 479 g/mol. The third-order valence-electron chi connectivity index (χ3n) is 5.39. The number of hydrogen-bond donors (Lipinski definition) is 2. The number of aliphatic imine (C=N–C) groups is 1. The molecule has 2 heterocycles. The number of rotatable bonds is 10. The number of guanidine groups is 1. The lowest BCUT2D eigenvalue weighted by Crippen LogP contribution is -2.38. The van der Waals surface area contributed by atoms with Crippen molar-refractivity contribution in [2.75, 3.05) is 64.1 Å². The first kappa shape index (κ1) is 24.2. The van der Waals surface area contributed by atoms with E-state index in [2.05, 4.69) is 52.8 Å². The van der Waals surface area contributed by atoms with E-state index in [1.807, 2.05) is 0 Å². The predicted molar refractivity (Wildman–Crippen MR) is 131 cm³/mol. The van der Waals surface area contributed by atoms with Gasteiger partial charge in [-0.2, -0.15) is 0 Å². The fourth-order valence-electron chi connectivity index (χ4n) is 3.76. The molecule has 0 bridgehead atoms. The van der Waals surface area contributed by atoms with E-state index < -0.39 is 0 Å². The first-order chi connectivity index (χ1) is 13.8. The Hall–Kier alpha value is -1.06. The third kappa shape index (κ3) is 8.68. The first-order valence-corrected chi connectivity index (χ1v) is 10.8. The predicted octanol–water partition coefficient (Wildman–Crippen LogP) is 3.13. The molecule has 2 aliphatic rings. The fourth-order valence-corrected chi connectivity index (χ4v) is 3.76. The van der Waals surface area contributed by atoms with E-state index >= 15 is 0 Å². The summed E-state index contributed by atoms with van der Waals surface area (Å²) in [7, 11) is 0. The van der Waals surface area contributed by atoms with Crippen LogP contribution in [0.1, 0.15) is 26.2 Å². The number of hydrogen-bond acceptors (Lipinski definition) is 4. The monoisotopic (exact) mass is 516 g/mol. The van der Waals surface area contributed by atoms with Gasteiger partial charge in [0, 0.05) is 57.5 Å². The molecule has 29 heavy (non-hydrogen) atoms. The van der Waals surface area contributed by atoms with Crippen molar-refractivity contribution in [1.82, 2.24) is 10.6 Å². The maximum absolute atomic E-state index is 5.77. The summed E-state index contributed by atoms with van der Waals surface area (Å²) in [5, 5.41) is 6.79. The van der Waals surface area contributed by atoms with Crippen molar-refractivity contribution in [3.63, 3.8) is 0 Å². The van der Waals surface area contributed by atoms with E-state index in [-0.39, 0.29) is 24.0 Å². The van der Waals surface area contributed by atoms with Gasteiger partial charge in [0.15, 0.2) is 5.96 Å². The van der Waals surface area contributed by atoms with E-state index in [0.29, 0.717) is 11.8 Å². The summed E-state index contributed by atoms with van der Waals surface area (Å²) in [6.45, 7) is 10.3. The molecule has 1 aromatic rings. The molecule has 1 aromatic carbocycles.